The molecule has 0 heterocycles. The van der Waals surface area contributed by atoms with Crippen LogP contribution in [0.2, 0.25) is 0 Å². The fraction of sp³-hybridized carbons (Fsp3) is 0.900. The molecule has 53 heavy (non-hydrogen) atoms. The lowest BCUT2D eigenvalue weighted by molar-refractivity contribution is -0.149. The number of hydrogen-bond donors (Lipinski definition) is 2. The third kappa shape index (κ3) is 18.5. The zero-order valence-electron chi connectivity index (χ0n) is 33.3. The molecule has 306 valence electrons. The van der Waals surface area contributed by atoms with E-state index in [1.54, 1.807) is 0 Å². The van der Waals surface area contributed by atoms with E-state index in [-0.39, 0.29) is 65.1 Å². The molecule has 2 N–H and O–H groups in total. The Hall–Kier alpha value is -2.64. The van der Waals surface area contributed by atoms with Crippen molar-refractivity contribution in [3.63, 3.8) is 0 Å². The van der Waals surface area contributed by atoms with E-state index < -0.39 is 29.7 Å². The van der Waals surface area contributed by atoms with Gasteiger partial charge in [-0.3, -0.25) is 9.59 Å². The van der Waals surface area contributed by atoms with Crippen LogP contribution in [0.25, 0.3) is 0 Å². The van der Waals surface area contributed by atoms with Crippen molar-refractivity contribution < 1.29 is 52.3 Å². The van der Waals surface area contributed by atoms with E-state index in [1.165, 1.54) is 64.2 Å². The molecule has 2 amide bonds. The molecule has 3 aliphatic rings. The van der Waals surface area contributed by atoms with Crippen molar-refractivity contribution >= 4 is 24.1 Å². The monoisotopic (exact) mass is 754 g/mol. The Morgan fingerprint density at radius 2 is 1.25 bits per heavy atom. The summed E-state index contributed by atoms with van der Waals surface area (Å²) in [5.41, 5.74) is -0.610. The van der Waals surface area contributed by atoms with Crippen molar-refractivity contribution in [1.29, 1.82) is 0 Å². The summed E-state index contributed by atoms with van der Waals surface area (Å²) in [6.45, 7) is 12.5. The molecule has 3 fully saturated rings. The smallest absolute Gasteiger partial charge is 0.407 e. The molecule has 13 nitrogen and oxygen atoms in total. The molecule has 3 aliphatic carbocycles. The maximum Gasteiger partial charge on any atom is 0.407 e. The van der Waals surface area contributed by atoms with Crippen LogP contribution in [0.15, 0.2) is 0 Å². The van der Waals surface area contributed by atoms with E-state index in [0.29, 0.717) is 55.3 Å². The van der Waals surface area contributed by atoms with Gasteiger partial charge in [0.15, 0.2) is 0 Å². The molecule has 0 radical (unpaired) electrons. The third-order valence-corrected chi connectivity index (χ3v) is 10.8. The highest BCUT2D eigenvalue weighted by Gasteiger charge is 2.49. The second kappa shape index (κ2) is 24.7. The van der Waals surface area contributed by atoms with Crippen LogP contribution in [0, 0.1) is 35.5 Å². The molecule has 13 heteroatoms. The van der Waals surface area contributed by atoms with Crippen molar-refractivity contribution in [2.75, 3.05) is 65.9 Å². The predicted molar refractivity (Wildman–Crippen MR) is 199 cm³/mol. The Labute approximate surface area is 317 Å². The summed E-state index contributed by atoms with van der Waals surface area (Å²) in [7, 11) is 0. The Balaban J connectivity index is 1.09. The van der Waals surface area contributed by atoms with Crippen molar-refractivity contribution in [2.45, 2.75) is 130 Å². The molecule has 3 rings (SSSR count). The Kier molecular flexibility index (Phi) is 20.9. The van der Waals surface area contributed by atoms with Crippen LogP contribution >= 0.6 is 0 Å². The molecule has 0 aromatic rings. The minimum absolute atomic E-state index is 0.0528. The van der Waals surface area contributed by atoms with E-state index in [0.717, 1.165) is 6.42 Å². The Morgan fingerprint density at radius 1 is 0.679 bits per heavy atom. The zero-order valence-corrected chi connectivity index (χ0v) is 33.3. The number of fused-ring (bicyclic) bond motifs is 1. The normalized spacial score (nSPS) is 24.1. The lowest BCUT2D eigenvalue weighted by Crippen LogP contribution is -2.36. The maximum atomic E-state index is 12.1. The average Bonchev–Trinajstić information content (AvgIpc) is 3.98. The quantitative estimate of drug-likeness (QED) is 0.0530. The van der Waals surface area contributed by atoms with Gasteiger partial charge in [-0.25, -0.2) is 9.59 Å². The topological polar surface area (TPSA) is 157 Å². The zero-order chi connectivity index (χ0) is 38.5. The first kappa shape index (κ1) is 44.8. The minimum atomic E-state index is -0.610. The summed E-state index contributed by atoms with van der Waals surface area (Å²) < 4.78 is 38.5. The lowest BCUT2D eigenvalue weighted by atomic mass is 10.0. The number of ether oxygens (including phenoxy) is 7. The van der Waals surface area contributed by atoms with Gasteiger partial charge in [-0.1, -0.05) is 65.2 Å². The lowest BCUT2D eigenvalue weighted by Gasteiger charge is -2.29. The number of rotatable bonds is 27. The van der Waals surface area contributed by atoms with E-state index >= 15 is 0 Å². The summed E-state index contributed by atoms with van der Waals surface area (Å²) in [5.74, 6) is 2.86. The van der Waals surface area contributed by atoms with Gasteiger partial charge in [-0.15, -0.1) is 0 Å². The summed E-state index contributed by atoms with van der Waals surface area (Å²) in [6.07, 6.45) is 12.6. The van der Waals surface area contributed by atoms with E-state index in [2.05, 4.69) is 24.5 Å². The Bertz CT molecular complexity index is 1070. The second-order valence-electron chi connectivity index (χ2n) is 15.7. The first-order valence-electron chi connectivity index (χ1n) is 20.5. The van der Waals surface area contributed by atoms with Crippen LogP contribution in [-0.4, -0.2) is 102 Å². The molecule has 6 atom stereocenters. The largest absolute Gasteiger partial charge is 0.463 e. The van der Waals surface area contributed by atoms with E-state index in [4.69, 9.17) is 33.2 Å². The van der Waals surface area contributed by atoms with Gasteiger partial charge in [0.25, 0.3) is 0 Å². The van der Waals surface area contributed by atoms with Crippen molar-refractivity contribution in [2.24, 2.45) is 35.5 Å². The van der Waals surface area contributed by atoms with E-state index in [1.807, 2.05) is 20.8 Å². The molecule has 0 aromatic carbocycles. The van der Waals surface area contributed by atoms with Crippen LogP contribution < -0.4 is 10.6 Å². The van der Waals surface area contributed by atoms with Crippen LogP contribution in [-0.2, 0) is 42.7 Å². The number of hydrogen-bond acceptors (Lipinski definition) is 11. The van der Waals surface area contributed by atoms with Crippen LogP contribution in [0.4, 0.5) is 9.59 Å². The van der Waals surface area contributed by atoms with Gasteiger partial charge in [-0.2, -0.15) is 0 Å². The number of esters is 2. The summed E-state index contributed by atoms with van der Waals surface area (Å²) in [6, 6.07) is 0. The van der Waals surface area contributed by atoms with Gasteiger partial charge in [-0.05, 0) is 75.5 Å². The minimum Gasteiger partial charge on any atom is -0.463 e. The molecule has 0 bridgehead atoms. The summed E-state index contributed by atoms with van der Waals surface area (Å²) >= 11 is 0. The average molecular weight is 755 g/mol. The van der Waals surface area contributed by atoms with Crippen molar-refractivity contribution in [3.05, 3.63) is 0 Å². The number of alkyl carbamates (subject to hydrolysis) is 2. The maximum absolute atomic E-state index is 12.1. The molecule has 3 saturated carbocycles. The fourth-order valence-electron chi connectivity index (χ4n) is 7.91. The van der Waals surface area contributed by atoms with Crippen LogP contribution in [0.1, 0.15) is 118 Å². The molecule has 0 spiro atoms. The number of amides is 2. The van der Waals surface area contributed by atoms with Gasteiger partial charge < -0.3 is 43.8 Å². The van der Waals surface area contributed by atoms with Gasteiger partial charge in [0.2, 0.25) is 0 Å². The van der Waals surface area contributed by atoms with Gasteiger partial charge in [0.05, 0.1) is 64.2 Å². The standard InChI is InChI=1S/C40H70N2O11/c1-6-8-11-14-31-30(7-2)34(31)26-51-38(45)41-19-17-36(43)49-23-21-47-25-29(3)53-40(4,5)28-48-22-24-50-37(44)18-20-42-39(46)52-27-35-32-15-12-9-10-13-16-33(32)35/h29-35H,6-28H2,1-5H3,(H,41,45)(H,42,46)/t29?,30?,31?,32?,33?,34-,35?/m1/s1. The molecule has 5 unspecified atom stereocenters. The molecule has 0 aliphatic heterocycles. The highest BCUT2D eigenvalue weighted by molar-refractivity contribution is 5.72. The third-order valence-electron chi connectivity index (χ3n) is 10.8. The molecular formula is C40H70N2O11. The number of carbonyl (C=O) groups is 4. The summed E-state index contributed by atoms with van der Waals surface area (Å²) in [4.78, 5) is 48.2. The second-order valence-corrected chi connectivity index (χ2v) is 15.7. The van der Waals surface area contributed by atoms with Gasteiger partial charge in [0.1, 0.15) is 13.2 Å². The summed E-state index contributed by atoms with van der Waals surface area (Å²) in [5, 5.41) is 5.27. The van der Waals surface area contributed by atoms with Crippen LogP contribution in [0.5, 0.6) is 0 Å². The van der Waals surface area contributed by atoms with Crippen molar-refractivity contribution in [3.8, 4) is 0 Å². The predicted octanol–water partition coefficient (Wildman–Crippen LogP) is 6.59. The number of nitrogens with one attached hydrogen (secondary N) is 2. The Morgan fingerprint density at radius 3 is 1.81 bits per heavy atom. The van der Waals surface area contributed by atoms with Gasteiger partial charge >= 0.3 is 24.1 Å². The van der Waals surface area contributed by atoms with Crippen LogP contribution in [0.3, 0.4) is 0 Å². The first-order valence-corrected chi connectivity index (χ1v) is 20.5. The number of unbranched alkanes of at least 4 members (excludes halogenated alkanes) is 2. The fourth-order valence-corrected chi connectivity index (χ4v) is 7.91. The van der Waals surface area contributed by atoms with E-state index in [9.17, 15) is 19.2 Å². The molecular weight excluding hydrogens is 684 g/mol. The highest BCUT2D eigenvalue weighted by Crippen LogP contribution is 2.53. The van der Waals surface area contributed by atoms with Gasteiger partial charge in [0, 0.05) is 13.1 Å². The van der Waals surface area contributed by atoms with Crippen molar-refractivity contribution in [1.82, 2.24) is 10.6 Å². The SMILES string of the molecule is CCCCCC1C(CC)[C@H]1COC(=O)NCCC(=O)OCCOCC(C)OC(C)(C)COCCOC(=O)CCNC(=O)OCC1C2CCCCCCC21. The first-order chi connectivity index (χ1) is 25.5. The number of carbonyl (C=O) groups excluding carboxylic acids is 4. The highest BCUT2D eigenvalue weighted by atomic mass is 16.6. The molecule has 0 aromatic heterocycles. The molecule has 0 saturated heterocycles.